The Bertz CT molecular complexity index is 944. The van der Waals surface area contributed by atoms with Crippen LogP contribution in [-0.2, 0) is 16.1 Å². The molecular weight excluding hydrogens is 410 g/mol. The van der Waals surface area contributed by atoms with E-state index < -0.39 is 5.97 Å². The van der Waals surface area contributed by atoms with E-state index in [1.165, 1.54) is 12.1 Å². The van der Waals surface area contributed by atoms with Crippen molar-refractivity contribution in [1.29, 1.82) is 0 Å². The number of hydrogen-bond donors (Lipinski definition) is 4. The molecule has 0 spiro atoms. The van der Waals surface area contributed by atoms with Crippen molar-refractivity contribution < 1.29 is 19.7 Å². The summed E-state index contributed by atoms with van der Waals surface area (Å²) in [4.78, 5) is 14.2. The van der Waals surface area contributed by atoms with Crippen LogP contribution < -0.4 is 15.6 Å². The summed E-state index contributed by atoms with van der Waals surface area (Å²) in [5, 5.41) is 31.5. The number of benzene rings is 2. The highest BCUT2D eigenvalue weighted by molar-refractivity contribution is 6.37. The third-order valence-electron chi connectivity index (χ3n) is 4.47. The Kier molecular flexibility index (Phi) is 9.22. The predicted octanol–water partition coefficient (Wildman–Crippen LogP) is 2.69. The first-order valence-electron chi connectivity index (χ1n) is 10.2. The third-order valence-corrected chi connectivity index (χ3v) is 4.47. The van der Waals surface area contributed by atoms with Crippen LogP contribution in [0, 0.1) is 0 Å². The van der Waals surface area contributed by atoms with Crippen LogP contribution >= 0.6 is 0 Å². The standard InChI is InChI=1S/C23H31N5O4/c1-5-32-23(31)21(16-27(3)13-12-24-2)26-28(4)19-9-7-18(8-10-19)25-15-17-6-11-20(29)14-22(17)30/h6-14,24-25,29-30H,5,15-16H2,1-4H3/b13-12-,26-21-. The number of carbonyl (C=O) groups is 1. The van der Waals surface area contributed by atoms with Crippen LogP contribution in [0.1, 0.15) is 12.5 Å². The Hall–Kier alpha value is -3.88. The molecule has 0 saturated heterocycles. The van der Waals surface area contributed by atoms with E-state index in [-0.39, 0.29) is 30.4 Å². The molecule has 0 aliphatic heterocycles. The van der Waals surface area contributed by atoms with Gasteiger partial charge in [-0.1, -0.05) is 0 Å². The van der Waals surface area contributed by atoms with E-state index in [1.54, 1.807) is 44.5 Å². The summed E-state index contributed by atoms with van der Waals surface area (Å²) in [5.74, 6) is -0.411. The molecule has 0 heterocycles. The molecule has 2 rings (SSSR count). The van der Waals surface area contributed by atoms with Gasteiger partial charge >= 0.3 is 5.97 Å². The zero-order chi connectivity index (χ0) is 23.5. The number of rotatable bonds is 11. The molecular formula is C23H31N5O4. The molecule has 32 heavy (non-hydrogen) atoms. The Morgan fingerprint density at radius 2 is 1.88 bits per heavy atom. The summed E-state index contributed by atoms with van der Waals surface area (Å²) < 4.78 is 5.15. The fraction of sp³-hybridized carbons (Fsp3) is 0.304. The number of hydrazone groups is 1. The number of phenols is 2. The lowest BCUT2D eigenvalue weighted by Gasteiger charge is -2.19. The average Bonchev–Trinajstić information content (AvgIpc) is 2.77. The summed E-state index contributed by atoms with van der Waals surface area (Å²) in [6.45, 7) is 2.72. The number of phenolic OH excluding ortho intramolecular Hbond substituents is 2. The van der Waals surface area contributed by atoms with E-state index in [2.05, 4.69) is 15.7 Å². The molecule has 0 aliphatic rings. The minimum Gasteiger partial charge on any atom is -0.508 e. The first-order valence-corrected chi connectivity index (χ1v) is 10.2. The van der Waals surface area contributed by atoms with Gasteiger partial charge in [-0.25, -0.2) is 4.79 Å². The largest absolute Gasteiger partial charge is 0.508 e. The van der Waals surface area contributed by atoms with Crippen molar-refractivity contribution in [3.05, 3.63) is 60.4 Å². The summed E-state index contributed by atoms with van der Waals surface area (Å²) in [6, 6.07) is 12.0. The Balaban J connectivity index is 2.08. The lowest BCUT2D eigenvalue weighted by atomic mass is 10.2. The van der Waals surface area contributed by atoms with Crippen LogP contribution in [0.15, 0.2) is 60.0 Å². The zero-order valence-corrected chi connectivity index (χ0v) is 18.9. The SMILES string of the molecule is CCOC(=O)/C(CN(C)/C=C\NC)=N\N(C)c1ccc(NCc2ccc(O)cc2O)cc1. The van der Waals surface area contributed by atoms with Crippen molar-refractivity contribution >= 4 is 23.1 Å². The first-order chi connectivity index (χ1) is 15.3. The topological polar surface area (TPSA) is 110 Å². The van der Waals surface area contributed by atoms with E-state index in [1.807, 2.05) is 36.2 Å². The number of nitrogens with one attached hydrogen (secondary N) is 2. The highest BCUT2D eigenvalue weighted by atomic mass is 16.5. The van der Waals surface area contributed by atoms with Crippen LogP contribution in [0.5, 0.6) is 11.5 Å². The molecule has 0 atom stereocenters. The smallest absolute Gasteiger partial charge is 0.356 e. The van der Waals surface area contributed by atoms with Crippen molar-refractivity contribution in [2.45, 2.75) is 13.5 Å². The first kappa shape index (κ1) is 24.4. The van der Waals surface area contributed by atoms with Gasteiger partial charge in [-0.2, -0.15) is 5.10 Å². The number of nitrogens with zero attached hydrogens (tertiary/aromatic N) is 3. The monoisotopic (exact) mass is 441 g/mol. The molecule has 0 amide bonds. The van der Waals surface area contributed by atoms with Crippen LogP contribution in [0.3, 0.4) is 0 Å². The summed E-state index contributed by atoms with van der Waals surface area (Å²) in [6.07, 6.45) is 3.57. The van der Waals surface area contributed by atoms with Crippen LogP contribution in [0.25, 0.3) is 0 Å². The molecule has 0 fully saturated rings. The number of ether oxygens (including phenoxy) is 1. The van der Waals surface area contributed by atoms with Crippen molar-refractivity contribution in [2.24, 2.45) is 5.10 Å². The van der Waals surface area contributed by atoms with Crippen molar-refractivity contribution in [2.75, 3.05) is 44.6 Å². The van der Waals surface area contributed by atoms with Gasteiger partial charge < -0.3 is 30.5 Å². The highest BCUT2D eigenvalue weighted by Gasteiger charge is 2.16. The maximum absolute atomic E-state index is 12.3. The van der Waals surface area contributed by atoms with Crippen LogP contribution in [0.2, 0.25) is 0 Å². The molecule has 172 valence electrons. The Morgan fingerprint density at radius 1 is 1.16 bits per heavy atom. The second-order valence-electron chi connectivity index (χ2n) is 7.02. The van der Waals surface area contributed by atoms with E-state index in [0.717, 1.165) is 11.4 Å². The van der Waals surface area contributed by atoms with Gasteiger partial charge in [0.05, 0.1) is 18.8 Å². The number of aromatic hydroxyl groups is 2. The van der Waals surface area contributed by atoms with Crippen molar-refractivity contribution in [3.63, 3.8) is 0 Å². The van der Waals surface area contributed by atoms with E-state index >= 15 is 0 Å². The third kappa shape index (κ3) is 7.42. The summed E-state index contributed by atoms with van der Waals surface area (Å²) in [7, 11) is 5.40. The Morgan fingerprint density at radius 3 is 2.50 bits per heavy atom. The fourth-order valence-electron chi connectivity index (χ4n) is 2.77. The molecule has 0 aliphatic carbocycles. The van der Waals surface area contributed by atoms with Crippen LogP contribution in [-0.4, -0.2) is 61.1 Å². The van der Waals surface area contributed by atoms with Gasteiger partial charge in [0.15, 0.2) is 5.71 Å². The molecule has 0 radical (unpaired) electrons. The van der Waals surface area contributed by atoms with Gasteiger partial charge in [-0.15, -0.1) is 0 Å². The quantitative estimate of drug-likeness (QED) is 0.239. The van der Waals surface area contributed by atoms with E-state index in [4.69, 9.17) is 4.74 Å². The predicted molar refractivity (Wildman–Crippen MR) is 127 cm³/mol. The van der Waals surface area contributed by atoms with Crippen LogP contribution in [0.4, 0.5) is 11.4 Å². The highest BCUT2D eigenvalue weighted by Crippen LogP contribution is 2.24. The van der Waals surface area contributed by atoms with Gasteiger partial charge in [0.2, 0.25) is 0 Å². The van der Waals surface area contributed by atoms with Gasteiger partial charge in [0.1, 0.15) is 11.5 Å². The maximum atomic E-state index is 12.3. The lowest BCUT2D eigenvalue weighted by molar-refractivity contribution is -0.135. The molecule has 9 nitrogen and oxygen atoms in total. The average molecular weight is 442 g/mol. The lowest BCUT2D eigenvalue weighted by Crippen LogP contribution is -2.31. The van der Waals surface area contributed by atoms with Gasteiger partial charge in [0.25, 0.3) is 0 Å². The molecule has 2 aromatic carbocycles. The molecule has 2 aromatic rings. The van der Waals surface area contributed by atoms with Gasteiger partial charge in [0, 0.05) is 57.4 Å². The summed E-state index contributed by atoms with van der Waals surface area (Å²) >= 11 is 0. The zero-order valence-electron chi connectivity index (χ0n) is 18.9. The molecule has 9 heteroatoms. The van der Waals surface area contributed by atoms with Crippen molar-refractivity contribution in [3.8, 4) is 11.5 Å². The van der Waals surface area contributed by atoms with E-state index in [9.17, 15) is 15.0 Å². The number of carbonyl (C=O) groups excluding carboxylic acids is 1. The van der Waals surface area contributed by atoms with Gasteiger partial charge in [-0.3, -0.25) is 5.01 Å². The Labute approximate surface area is 188 Å². The second kappa shape index (κ2) is 12.1. The van der Waals surface area contributed by atoms with Crippen molar-refractivity contribution in [1.82, 2.24) is 10.2 Å². The molecule has 0 bridgehead atoms. The normalized spacial score (nSPS) is 11.3. The molecule has 0 unspecified atom stereocenters. The van der Waals surface area contributed by atoms with E-state index in [0.29, 0.717) is 12.1 Å². The molecule has 4 N–H and O–H groups in total. The molecule has 0 saturated carbocycles. The number of anilines is 2. The fourth-order valence-corrected chi connectivity index (χ4v) is 2.77. The summed E-state index contributed by atoms with van der Waals surface area (Å²) in [5.41, 5.74) is 2.59. The minimum atomic E-state index is -0.462. The number of esters is 1. The van der Waals surface area contributed by atoms with Gasteiger partial charge in [-0.05, 0) is 43.3 Å². The number of hydrogen-bond acceptors (Lipinski definition) is 9. The second-order valence-corrected chi connectivity index (χ2v) is 7.02. The minimum absolute atomic E-state index is 0.0191. The maximum Gasteiger partial charge on any atom is 0.356 e. The molecule has 0 aromatic heterocycles.